The van der Waals surface area contributed by atoms with Crippen LogP contribution in [0.15, 0.2) is 48.7 Å². The van der Waals surface area contributed by atoms with Crippen molar-refractivity contribution in [3.63, 3.8) is 0 Å². The lowest BCUT2D eigenvalue weighted by Gasteiger charge is -2.04. The Morgan fingerprint density at radius 2 is 1.91 bits per heavy atom. The van der Waals surface area contributed by atoms with Gasteiger partial charge in [0.25, 0.3) is 5.91 Å². The number of nitrogens with zero attached hydrogens (tertiary/aromatic N) is 2. The maximum atomic E-state index is 12.2. The van der Waals surface area contributed by atoms with Crippen molar-refractivity contribution in [3.05, 3.63) is 70.0 Å². The number of fused-ring (bicyclic) bond motifs is 1. The topological polar surface area (TPSA) is 46.4 Å². The van der Waals surface area contributed by atoms with Gasteiger partial charge in [-0.15, -0.1) is 0 Å². The fourth-order valence-corrected chi connectivity index (χ4v) is 2.57. The lowest BCUT2D eigenvalue weighted by atomic mass is 10.1. The van der Waals surface area contributed by atoms with Crippen molar-refractivity contribution in [2.75, 3.05) is 6.54 Å². The first-order valence-electron chi connectivity index (χ1n) is 6.80. The second-order valence-corrected chi connectivity index (χ2v) is 5.64. The van der Waals surface area contributed by atoms with Crippen LogP contribution in [-0.2, 0) is 6.42 Å². The molecule has 0 unspecified atom stereocenters. The number of aromatic nitrogens is 2. The minimum atomic E-state index is -0.275. The van der Waals surface area contributed by atoms with E-state index in [-0.39, 0.29) is 11.6 Å². The van der Waals surface area contributed by atoms with Crippen LogP contribution in [0.25, 0.3) is 5.52 Å². The highest BCUT2D eigenvalue weighted by molar-refractivity contribution is 6.36. The molecule has 0 aliphatic heterocycles. The number of rotatable bonds is 4. The number of carbonyl (C=O) groups is 1. The Hall–Kier alpha value is -2.04. The van der Waals surface area contributed by atoms with Crippen molar-refractivity contribution in [3.8, 4) is 0 Å². The molecule has 22 heavy (non-hydrogen) atoms. The fraction of sp³-hybridized carbons (Fsp3) is 0.125. The predicted octanol–water partition coefficient (Wildman–Crippen LogP) is 3.61. The number of hydrogen-bond acceptors (Lipinski definition) is 2. The van der Waals surface area contributed by atoms with Gasteiger partial charge in [-0.3, -0.25) is 4.79 Å². The third kappa shape index (κ3) is 3.08. The summed E-state index contributed by atoms with van der Waals surface area (Å²) in [6.45, 7) is 0.505. The monoisotopic (exact) mass is 333 g/mol. The van der Waals surface area contributed by atoms with Gasteiger partial charge in [0.1, 0.15) is 0 Å². The standard InChI is InChI=1S/C16H13Cl2N3O/c17-12-6-4-11(5-7-12)8-9-19-16(22)15-14(18)13-3-1-2-10-21(13)20-15/h1-7,10H,8-9H2,(H,19,22). The Labute approximate surface area is 137 Å². The summed E-state index contributed by atoms with van der Waals surface area (Å²) in [7, 11) is 0. The number of nitrogens with one attached hydrogen (secondary N) is 1. The summed E-state index contributed by atoms with van der Waals surface area (Å²) in [5, 5.41) is 8.10. The fourth-order valence-electron chi connectivity index (χ4n) is 2.17. The zero-order valence-corrected chi connectivity index (χ0v) is 13.1. The Kier molecular flexibility index (Phi) is 4.32. The predicted molar refractivity (Wildman–Crippen MR) is 87.7 cm³/mol. The molecule has 112 valence electrons. The molecule has 0 fully saturated rings. The lowest BCUT2D eigenvalue weighted by molar-refractivity contribution is 0.0949. The van der Waals surface area contributed by atoms with Crippen LogP contribution in [0, 0.1) is 0 Å². The highest BCUT2D eigenvalue weighted by Gasteiger charge is 2.17. The molecular weight excluding hydrogens is 321 g/mol. The summed E-state index contributed by atoms with van der Waals surface area (Å²) in [6, 6.07) is 13.0. The highest BCUT2D eigenvalue weighted by Crippen LogP contribution is 2.21. The zero-order chi connectivity index (χ0) is 15.5. The second kappa shape index (κ2) is 6.38. The van der Waals surface area contributed by atoms with E-state index < -0.39 is 0 Å². The van der Waals surface area contributed by atoms with Gasteiger partial charge in [-0.05, 0) is 36.2 Å². The molecule has 0 atom stereocenters. The molecule has 4 nitrogen and oxygen atoms in total. The molecule has 0 bridgehead atoms. The number of carbonyl (C=O) groups excluding carboxylic acids is 1. The Bertz CT molecular complexity index is 812. The van der Waals surface area contributed by atoms with Crippen molar-refractivity contribution in [2.45, 2.75) is 6.42 Å². The van der Waals surface area contributed by atoms with Gasteiger partial charge in [-0.25, -0.2) is 4.52 Å². The van der Waals surface area contributed by atoms with E-state index >= 15 is 0 Å². The van der Waals surface area contributed by atoms with Gasteiger partial charge >= 0.3 is 0 Å². The van der Waals surface area contributed by atoms with Crippen molar-refractivity contribution < 1.29 is 4.79 Å². The van der Waals surface area contributed by atoms with Crippen LogP contribution < -0.4 is 5.32 Å². The Morgan fingerprint density at radius 1 is 1.14 bits per heavy atom. The van der Waals surface area contributed by atoms with E-state index in [9.17, 15) is 4.79 Å². The minimum absolute atomic E-state index is 0.240. The largest absolute Gasteiger partial charge is 0.350 e. The quantitative estimate of drug-likeness (QED) is 0.792. The summed E-state index contributed by atoms with van der Waals surface area (Å²) in [6.07, 6.45) is 2.47. The summed E-state index contributed by atoms with van der Waals surface area (Å²) >= 11 is 12.0. The van der Waals surface area contributed by atoms with Gasteiger partial charge in [0.15, 0.2) is 5.69 Å². The molecule has 3 rings (SSSR count). The van der Waals surface area contributed by atoms with Gasteiger partial charge in [0, 0.05) is 17.8 Å². The second-order valence-electron chi connectivity index (χ2n) is 4.83. The Morgan fingerprint density at radius 3 is 2.64 bits per heavy atom. The van der Waals surface area contributed by atoms with E-state index in [0.29, 0.717) is 28.5 Å². The third-order valence-electron chi connectivity index (χ3n) is 3.31. The molecule has 1 amide bonds. The van der Waals surface area contributed by atoms with Crippen LogP contribution in [-0.4, -0.2) is 22.1 Å². The molecular formula is C16H13Cl2N3O. The molecule has 2 heterocycles. The molecule has 1 aromatic carbocycles. The molecule has 0 radical (unpaired) electrons. The number of amides is 1. The SMILES string of the molecule is O=C(NCCc1ccc(Cl)cc1)c1nn2ccccc2c1Cl. The first kappa shape index (κ1) is 14.9. The number of halogens is 2. The molecule has 0 saturated carbocycles. The molecule has 0 saturated heterocycles. The molecule has 1 N–H and O–H groups in total. The van der Waals surface area contributed by atoms with Crippen LogP contribution >= 0.6 is 23.2 Å². The van der Waals surface area contributed by atoms with E-state index in [2.05, 4.69) is 10.4 Å². The first-order chi connectivity index (χ1) is 10.6. The van der Waals surface area contributed by atoms with Crippen molar-refractivity contribution in [2.24, 2.45) is 0 Å². The van der Waals surface area contributed by atoms with E-state index in [1.807, 2.05) is 42.5 Å². The summed E-state index contributed by atoms with van der Waals surface area (Å²) in [5.74, 6) is -0.275. The Balaban J connectivity index is 1.66. The van der Waals surface area contributed by atoms with Crippen LogP contribution in [0.3, 0.4) is 0 Å². The van der Waals surface area contributed by atoms with Gasteiger partial charge in [-0.2, -0.15) is 5.10 Å². The van der Waals surface area contributed by atoms with Crippen LogP contribution in [0.1, 0.15) is 16.1 Å². The highest BCUT2D eigenvalue weighted by atomic mass is 35.5. The average molecular weight is 334 g/mol. The summed E-state index contributed by atoms with van der Waals surface area (Å²) in [4.78, 5) is 12.2. The smallest absolute Gasteiger partial charge is 0.273 e. The lowest BCUT2D eigenvalue weighted by Crippen LogP contribution is -2.26. The maximum Gasteiger partial charge on any atom is 0.273 e. The van der Waals surface area contributed by atoms with Crippen LogP contribution in [0.4, 0.5) is 0 Å². The number of pyridine rings is 1. The molecule has 6 heteroatoms. The van der Waals surface area contributed by atoms with Crippen LogP contribution in [0.5, 0.6) is 0 Å². The van der Waals surface area contributed by atoms with Gasteiger partial charge in [0.05, 0.1) is 10.5 Å². The molecule has 3 aromatic rings. The number of hydrogen-bond donors (Lipinski definition) is 1. The van der Waals surface area contributed by atoms with E-state index in [4.69, 9.17) is 23.2 Å². The molecule has 0 spiro atoms. The molecule has 0 aliphatic rings. The average Bonchev–Trinajstić information content (AvgIpc) is 2.87. The van der Waals surface area contributed by atoms with Crippen molar-refractivity contribution >= 4 is 34.6 Å². The maximum absolute atomic E-state index is 12.2. The van der Waals surface area contributed by atoms with E-state index in [1.54, 1.807) is 10.7 Å². The third-order valence-corrected chi connectivity index (χ3v) is 3.93. The van der Waals surface area contributed by atoms with Crippen LogP contribution in [0.2, 0.25) is 10.0 Å². The molecule has 0 aliphatic carbocycles. The van der Waals surface area contributed by atoms with Gasteiger partial charge in [-0.1, -0.05) is 41.4 Å². The molecule has 2 aromatic heterocycles. The van der Waals surface area contributed by atoms with Crippen molar-refractivity contribution in [1.29, 1.82) is 0 Å². The van der Waals surface area contributed by atoms with E-state index in [0.717, 1.165) is 5.56 Å². The van der Waals surface area contributed by atoms with Gasteiger partial charge in [0.2, 0.25) is 0 Å². The summed E-state index contributed by atoms with van der Waals surface area (Å²) < 4.78 is 1.59. The van der Waals surface area contributed by atoms with Gasteiger partial charge < -0.3 is 5.32 Å². The zero-order valence-electron chi connectivity index (χ0n) is 11.6. The summed E-state index contributed by atoms with van der Waals surface area (Å²) in [5.41, 5.74) is 2.06. The van der Waals surface area contributed by atoms with E-state index in [1.165, 1.54) is 0 Å². The normalized spacial score (nSPS) is 10.8. The first-order valence-corrected chi connectivity index (χ1v) is 7.56. The van der Waals surface area contributed by atoms with Crippen molar-refractivity contribution in [1.82, 2.24) is 14.9 Å². The minimum Gasteiger partial charge on any atom is -0.350 e. The number of benzene rings is 1.